The van der Waals surface area contributed by atoms with Crippen LogP contribution in [0.15, 0.2) is 36.4 Å². The van der Waals surface area contributed by atoms with Crippen LogP contribution in [0.25, 0.3) is 0 Å². The van der Waals surface area contributed by atoms with Crippen LogP contribution in [-0.2, 0) is 5.88 Å². The van der Waals surface area contributed by atoms with Crippen molar-refractivity contribution in [3.05, 3.63) is 63.7 Å². The zero-order valence-electron chi connectivity index (χ0n) is 9.98. The third-order valence-corrected chi connectivity index (χ3v) is 2.75. The van der Waals surface area contributed by atoms with Crippen molar-refractivity contribution in [1.29, 1.82) is 0 Å². The molecule has 0 spiro atoms. The lowest BCUT2D eigenvalue weighted by Gasteiger charge is -2.07. The van der Waals surface area contributed by atoms with Gasteiger partial charge >= 0.3 is 0 Å². The molecule has 104 valence electrons. The molecule has 0 saturated carbocycles. The first-order valence-electron chi connectivity index (χ1n) is 5.47. The number of halogens is 3. The highest BCUT2D eigenvalue weighted by molar-refractivity contribution is 6.17. The quantitative estimate of drug-likeness (QED) is 0.477. The summed E-state index contributed by atoms with van der Waals surface area (Å²) in [6, 6.07) is 6.64. The number of rotatable bonds is 4. The van der Waals surface area contributed by atoms with Gasteiger partial charge in [-0.15, -0.1) is 11.6 Å². The van der Waals surface area contributed by atoms with Gasteiger partial charge in [0.2, 0.25) is 0 Å². The molecule has 0 aliphatic rings. The summed E-state index contributed by atoms with van der Waals surface area (Å²) in [5, 5.41) is 10.7. The van der Waals surface area contributed by atoms with Crippen molar-refractivity contribution in [3.8, 4) is 11.5 Å². The van der Waals surface area contributed by atoms with Gasteiger partial charge in [-0.2, -0.15) is 0 Å². The van der Waals surface area contributed by atoms with Crippen molar-refractivity contribution in [2.75, 3.05) is 0 Å². The first kappa shape index (κ1) is 14.2. The molecule has 4 nitrogen and oxygen atoms in total. The van der Waals surface area contributed by atoms with Gasteiger partial charge in [-0.05, 0) is 12.1 Å². The number of hydrogen-bond acceptors (Lipinski definition) is 3. The fraction of sp³-hybridized carbons (Fsp3) is 0.0769. The molecule has 7 heteroatoms. The molecule has 0 heterocycles. The number of alkyl halides is 1. The maximum atomic E-state index is 13.0. The Balaban J connectivity index is 2.32. The van der Waals surface area contributed by atoms with Gasteiger partial charge in [-0.1, -0.05) is 0 Å². The molecule has 0 radical (unpaired) electrons. The van der Waals surface area contributed by atoms with E-state index in [0.29, 0.717) is 6.07 Å². The van der Waals surface area contributed by atoms with E-state index in [-0.39, 0.29) is 28.6 Å². The van der Waals surface area contributed by atoms with E-state index in [2.05, 4.69) is 0 Å². The van der Waals surface area contributed by atoms with Gasteiger partial charge in [0.25, 0.3) is 5.69 Å². The summed E-state index contributed by atoms with van der Waals surface area (Å²) in [7, 11) is 0. The zero-order valence-corrected chi connectivity index (χ0v) is 10.7. The molecule has 0 aliphatic carbocycles. The molecule has 0 saturated heterocycles. The minimum absolute atomic E-state index is 0.0446. The molecular formula is C13H8ClF2NO3. The van der Waals surface area contributed by atoms with Crippen molar-refractivity contribution in [2.24, 2.45) is 0 Å². The van der Waals surface area contributed by atoms with Crippen molar-refractivity contribution in [2.45, 2.75) is 5.88 Å². The Kier molecular flexibility index (Phi) is 4.14. The number of nitro groups is 1. The van der Waals surface area contributed by atoms with Crippen LogP contribution in [0.5, 0.6) is 11.5 Å². The standard InChI is InChI=1S/C13H8ClF2NO3/c14-7-8-3-11(1-2-13(8)17(18)19)20-12-5-9(15)4-10(16)6-12/h1-6H,7H2. The average Bonchev–Trinajstić information content (AvgIpc) is 2.37. The van der Waals surface area contributed by atoms with Crippen LogP contribution in [0.2, 0.25) is 0 Å². The van der Waals surface area contributed by atoms with Gasteiger partial charge in [0, 0.05) is 29.8 Å². The van der Waals surface area contributed by atoms with Gasteiger partial charge in [0.15, 0.2) is 0 Å². The third-order valence-electron chi connectivity index (χ3n) is 2.46. The number of ether oxygens (including phenoxy) is 1. The van der Waals surface area contributed by atoms with Gasteiger partial charge in [0.1, 0.15) is 23.1 Å². The van der Waals surface area contributed by atoms with Crippen molar-refractivity contribution >= 4 is 17.3 Å². The Morgan fingerprint density at radius 2 is 1.75 bits per heavy atom. The van der Waals surface area contributed by atoms with E-state index in [4.69, 9.17) is 16.3 Å². The molecule has 2 aromatic rings. The Morgan fingerprint density at radius 3 is 2.30 bits per heavy atom. The lowest BCUT2D eigenvalue weighted by molar-refractivity contribution is -0.385. The predicted molar refractivity (Wildman–Crippen MR) is 69.1 cm³/mol. The second kappa shape index (κ2) is 5.83. The van der Waals surface area contributed by atoms with E-state index in [1.807, 2.05) is 0 Å². The predicted octanol–water partition coefficient (Wildman–Crippen LogP) is 4.40. The van der Waals surface area contributed by atoms with Crippen LogP contribution in [0.3, 0.4) is 0 Å². The van der Waals surface area contributed by atoms with Gasteiger partial charge < -0.3 is 4.74 Å². The molecule has 0 atom stereocenters. The zero-order chi connectivity index (χ0) is 14.7. The number of benzene rings is 2. The van der Waals surface area contributed by atoms with Gasteiger partial charge in [-0.3, -0.25) is 10.1 Å². The molecular weight excluding hydrogens is 292 g/mol. The normalized spacial score (nSPS) is 10.3. The Hall–Kier alpha value is -2.21. The second-order valence-corrected chi connectivity index (χ2v) is 4.16. The molecule has 2 rings (SSSR count). The maximum Gasteiger partial charge on any atom is 0.274 e. The molecule has 0 fully saturated rings. The van der Waals surface area contributed by atoms with Crippen LogP contribution in [-0.4, -0.2) is 4.92 Å². The molecule has 2 aromatic carbocycles. The SMILES string of the molecule is O=[N+]([O-])c1ccc(Oc2cc(F)cc(F)c2)cc1CCl. The van der Waals surface area contributed by atoms with Crippen molar-refractivity contribution < 1.29 is 18.4 Å². The van der Waals surface area contributed by atoms with E-state index >= 15 is 0 Å². The molecule has 0 aliphatic heterocycles. The smallest absolute Gasteiger partial charge is 0.274 e. The fourth-order valence-electron chi connectivity index (χ4n) is 1.63. The highest BCUT2D eigenvalue weighted by Gasteiger charge is 2.14. The van der Waals surface area contributed by atoms with E-state index in [1.165, 1.54) is 18.2 Å². The summed E-state index contributed by atoms with van der Waals surface area (Å²) >= 11 is 5.62. The van der Waals surface area contributed by atoms with E-state index in [1.54, 1.807) is 0 Å². The highest BCUT2D eigenvalue weighted by atomic mass is 35.5. The van der Waals surface area contributed by atoms with Gasteiger partial charge in [-0.25, -0.2) is 8.78 Å². The fourth-order valence-corrected chi connectivity index (χ4v) is 1.85. The van der Waals surface area contributed by atoms with E-state index < -0.39 is 16.6 Å². The van der Waals surface area contributed by atoms with Crippen LogP contribution in [0.4, 0.5) is 14.5 Å². The van der Waals surface area contributed by atoms with Crippen LogP contribution in [0.1, 0.15) is 5.56 Å². The lowest BCUT2D eigenvalue weighted by Crippen LogP contribution is -1.95. The summed E-state index contributed by atoms with van der Waals surface area (Å²) in [6.45, 7) is 0. The number of nitrogens with zero attached hydrogens (tertiary/aromatic N) is 1. The van der Waals surface area contributed by atoms with Crippen LogP contribution >= 0.6 is 11.6 Å². The summed E-state index contributed by atoms with van der Waals surface area (Å²) in [5.74, 6) is -1.47. The van der Waals surface area contributed by atoms with Crippen molar-refractivity contribution in [1.82, 2.24) is 0 Å². The first-order chi connectivity index (χ1) is 9.49. The van der Waals surface area contributed by atoms with Crippen molar-refractivity contribution in [3.63, 3.8) is 0 Å². The second-order valence-electron chi connectivity index (χ2n) is 3.89. The van der Waals surface area contributed by atoms with Gasteiger partial charge in [0.05, 0.1) is 10.8 Å². The molecule has 0 unspecified atom stereocenters. The third kappa shape index (κ3) is 3.21. The maximum absolute atomic E-state index is 13.0. The average molecular weight is 300 g/mol. The van der Waals surface area contributed by atoms with Crippen LogP contribution in [0, 0.1) is 21.7 Å². The summed E-state index contributed by atoms with van der Waals surface area (Å²) in [4.78, 5) is 10.2. The van der Waals surface area contributed by atoms with E-state index in [9.17, 15) is 18.9 Å². The Bertz CT molecular complexity index is 644. The van der Waals surface area contributed by atoms with Crippen LogP contribution < -0.4 is 4.74 Å². The molecule has 20 heavy (non-hydrogen) atoms. The summed E-state index contributed by atoms with van der Waals surface area (Å²) in [5.41, 5.74) is 0.115. The lowest BCUT2D eigenvalue weighted by atomic mass is 10.2. The largest absolute Gasteiger partial charge is 0.457 e. The minimum Gasteiger partial charge on any atom is -0.457 e. The Labute approximate surface area is 117 Å². The highest BCUT2D eigenvalue weighted by Crippen LogP contribution is 2.29. The molecule has 0 bridgehead atoms. The summed E-state index contributed by atoms with van der Waals surface area (Å²) in [6.07, 6.45) is 0. The minimum atomic E-state index is -0.778. The Morgan fingerprint density at radius 1 is 1.10 bits per heavy atom. The number of nitro benzene ring substituents is 1. The summed E-state index contributed by atoms with van der Waals surface area (Å²) < 4.78 is 31.3. The molecule has 0 N–H and O–H groups in total. The molecule has 0 amide bonds. The molecule has 0 aromatic heterocycles. The van der Waals surface area contributed by atoms with E-state index in [0.717, 1.165) is 12.1 Å². The number of hydrogen-bond donors (Lipinski definition) is 0. The first-order valence-corrected chi connectivity index (χ1v) is 6.00. The topological polar surface area (TPSA) is 52.4 Å². The monoisotopic (exact) mass is 299 g/mol.